The molecule has 0 atom stereocenters. The molecule has 0 radical (unpaired) electrons. The third kappa shape index (κ3) is 3.34. The highest BCUT2D eigenvalue weighted by Gasteiger charge is 2.20. The fraction of sp³-hybridized carbons (Fsp3) is 0.250. The molecular formula is C12H10N2S2. The summed E-state index contributed by atoms with van der Waals surface area (Å²) in [4.78, 5) is 3.31. The van der Waals surface area contributed by atoms with Crippen LogP contribution in [0.25, 0.3) is 4.85 Å². The van der Waals surface area contributed by atoms with Gasteiger partial charge < -0.3 is 0 Å². The van der Waals surface area contributed by atoms with Crippen LogP contribution >= 0.6 is 24.0 Å². The zero-order valence-corrected chi connectivity index (χ0v) is 10.7. The van der Waals surface area contributed by atoms with Crippen LogP contribution in [0.5, 0.6) is 0 Å². The van der Waals surface area contributed by atoms with Gasteiger partial charge >= 0.3 is 0 Å². The lowest BCUT2D eigenvalue weighted by molar-refractivity contribution is 0.921. The lowest BCUT2D eigenvalue weighted by Gasteiger charge is -2.14. The summed E-state index contributed by atoms with van der Waals surface area (Å²) in [6.45, 7) is 10.5. The van der Waals surface area contributed by atoms with Gasteiger partial charge in [0.15, 0.2) is 5.69 Å². The molecule has 0 saturated carbocycles. The topological polar surface area (TPSA) is 28.1 Å². The van der Waals surface area contributed by atoms with Crippen LogP contribution in [0.2, 0.25) is 0 Å². The van der Waals surface area contributed by atoms with Gasteiger partial charge in [-0.05, 0) is 19.4 Å². The van der Waals surface area contributed by atoms with E-state index < -0.39 is 4.75 Å². The fourth-order valence-electron chi connectivity index (χ4n) is 0.986. The van der Waals surface area contributed by atoms with E-state index in [2.05, 4.69) is 10.9 Å². The average Bonchev–Trinajstić information content (AvgIpc) is 2.28. The molecule has 1 aromatic rings. The molecule has 0 unspecified atom stereocenters. The van der Waals surface area contributed by atoms with Crippen molar-refractivity contribution >= 4 is 33.9 Å². The van der Waals surface area contributed by atoms with Gasteiger partial charge in [-0.1, -0.05) is 48.2 Å². The molecule has 2 nitrogen and oxygen atoms in total. The standard InChI is InChI=1S/C12H10N2S2/c1-12(2,8-13)16-11(15)9-4-6-10(14-3)7-5-9/h4-7H,1-2H3. The molecule has 80 valence electrons. The number of nitrogens with zero attached hydrogens (tertiary/aromatic N) is 2. The van der Waals surface area contributed by atoms with E-state index in [1.165, 1.54) is 11.8 Å². The number of rotatable bonds is 2. The molecule has 0 aromatic heterocycles. The molecule has 0 amide bonds. The maximum Gasteiger partial charge on any atom is 0.187 e. The van der Waals surface area contributed by atoms with Crippen molar-refractivity contribution in [3.63, 3.8) is 0 Å². The van der Waals surface area contributed by atoms with Gasteiger partial charge in [0.1, 0.15) is 4.75 Å². The minimum atomic E-state index is -0.518. The van der Waals surface area contributed by atoms with Crippen LogP contribution in [-0.4, -0.2) is 8.94 Å². The largest absolute Gasteiger partial charge is 0.238 e. The van der Waals surface area contributed by atoms with E-state index in [-0.39, 0.29) is 0 Å². The van der Waals surface area contributed by atoms with Crippen molar-refractivity contribution in [2.45, 2.75) is 18.6 Å². The quantitative estimate of drug-likeness (QED) is 0.584. The average molecular weight is 246 g/mol. The molecule has 0 bridgehead atoms. The summed E-state index contributed by atoms with van der Waals surface area (Å²) in [5.41, 5.74) is 1.48. The molecule has 0 saturated heterocycles. The number of nitriles is 1. The van der Waals surface area contributed by atoms with Crippen molar-refractivity contribution in [3.05, 3.63) is 41.2 Å². The normalized spacial score (nSPS) is 10.2. The van der Waals surface area contributed by atoms with Gasteiger partial charge in [-0.25, -0.2) is 4.85 Å². The predicted octanol–water partition coefficient (Wildman–Crippen LogP) is 3.95. The van der Waals surface area contributed by atoms with Crippen LogP contribution in [0.3, 0.4) is 0 Å². The Kier molecular flexibility index (Phi) is 4.06. The van der Waals surface area contributed by atoms with Gasteiger partial charge in [0.2, 0.25) is 0 Å². The number of benzene rings is 1. The lowest BCUT2D eigenvalue weighted by Crippen LogP contribution is -2.13. The zero-order chi connectivity index (χ0) is 12.2. The van der Waals surface area contributed by atoms with E-state index >= 15 is 0 Å². The van der Waals surface area contributed by atoms with Crippen molar-refractivity contribution in [1.82, 2.24) is 0 Å². The highest BCUT2D eigenvalue weighted by Crippen LogP contribution is 2.28. The Morgan fingerprint density at radius 2 is 2.00 bits per heavy atom. The molecule has 0 N–H and O–H groups in total. The Hall–Kier alpha value is -1.36. The molecule has 0 heterocycles. The van der Waals surface area contributed by atoms with E-state index in [0.29, 0.717) is 9.88 Å². The molecule has 0 spiro atoms. The summed E-state index contributed by atoms with van der Waals surface area (Å²) in [5, 5.41) is 8.90. The van der Waals surface area contributed by atoms with E-state index in [0.717, 1.165) is 5.56 Å². The number of hydrogen-bond donors (Lipinski definition) is 0. The fourth-order valence-corrected chi connectivity index (χ4v) is 2.51. The van der Waals surface area contributed by atoms with Gasteiger partial charge in [0.25, 0.3) is 0 Å². The second-order valence-corrected chi connectivity index (χ2v) is 5.97. The Morgan fingerprint density at radius 1 is 1.44 bits per heavy atom. The first-order chi connectivity index (χ1) is 7.48. The Bertz CT molecular complexity index is 475. The van der Waals surface area contributed by atoms with Crippen molar-refractivity contribution in [3.8, 4) is 6.07 Å². The molecule has 0 aliphatic rings. The van der Waals surface area contributed by atoms with E-state index in [9.17, 15) is 0 Å². The predicted molar refractivity (Wildman–Crippen MR) is 71.7 cm³/mol. The van der Waals surface area contributed by atoms with Gasteiger partial charge in [-0.15, -0.1) is 0 Å². The third-order valence-electron chi connectivity index (χ3n) is 1.85. The summed E-state index contributed by atoms with van der Waals surface area (Å²) >= 11 is 6.61. The second kappa shape index (κ2) is 5.12. The first-order valence-corrected chi connectivity index (χ1v) is 5.83. The molecule has 0 fully saturated rings. The van der Waals surface area contributed by atoms with Crippen LogP contribution in [0.15, 0.2) is 24.3 Å². The first-order valence-electron chi connectivity index (χ1n) is 4.60. The van der Waals surface area contributed by atoms with Crippen molar-refractivity contribution in [2.75, 3.05) is 0 Å². The third-order valence-corrected chi connectivity index (χ3v) is 3.36. The molecule has 16 heavy (non-hydrogen) atoms. The van der Waals surface area contributed by atoms with Crippen LogP contribution in [0, 0.1) is 17.9 Å². The molecule has 0 aliphatic carbocycles. The molecule has 4 heteroatoms. The molecule has 1 aromatic carbocycles. The number of thiocarbonyl (C=S) groups is 1. The Morgan fingerprint density at radius 3 is 2.44 bits per heavy atom. The summed E-state index contributed by atoms with van der Waals surface area (Å²) in [5.74, 6) is 0. The molecular weight excluding hydrogens is 236 g/mol. The van der Waals surface area contributed by atoms with E-state index in [1.807, 2.05) is 26.0 Å². The van der Waals surface area contributed by atoms with Gasteiger partial charge in [0, 0.05) is 0 Å². The minimum absolute atomic E-state index is 0.518. The van der Waals surface area contributed by atoms with Gasteiger partial charge in [-0.2, -0.15) is 5.26 Å². The van der Waals surface area contributed by atoms with Crippen molar-refractivity contribution in [2.24, 2.45) is 0 Å². The summed E-state index contributed by atoms with van der Waals surface area (Å²) in [7, 11) is 0. The number of thioether (sulfide) groups is 1. The zero-order valence-electron chi connectivity index (χ0n) is 9.02. The van der Waals surface area contributed by atoms with E-state index in [4.69, 9.17) is 24.1 Å². The highest BCUT2D eigenvalue weighted by molar-refractivity contribution is 8.24. The second-order valence-electron chi connectivity index (χ2n) is 3.67. The monoisotopic (exact) mass is 246 g/mol. The lowest BCUT2D eigenvalue weighted by atomic mass is 10.2. The van der Waals surface area contributed by atoms with Crippen molar-refractivity contribution in [1.29, 1.82) is 5.26 Å². The summed E-state index contributed by atoms with van der Waals surface area (Å²) in [6, 6.07) is 9.28. The molecule has 1 rings (SSSR count). The first kappa shape index (κ1) is 12.7. The SMILES string of the molecule is [C-]#[N+]c1ccc(C(=S)SC(C)(C)C#N)cc1. The van der Waals surface area contributed by atoms with Crippen LogP contribution in [0.4, 0.5) is 5.69 Å². The summed E-state index contributed by atoms with van der Waals surface area (Å²) < 4.78 is 0.165. The van der Waals surface area contributed by atoms with Crippen molar-refractivity contribution < 1.29 is 0 Å². The summed E-state index contributed by atoms with van der Waals surface area (Å²) in [6.07, 6.45) is 0. The smallest absolute Gasteiger partial charge is 0.187 e. The van der Waals surface area contributed by atoms with Crippen LogP contribution < -0.4 is 0 Å². The van der Waals surface area contributed by atoms with Gasteiger partial charge in [0.05, 0.1) is 16.8 Å². The Balaban J connectivity index is 2.83. The van der Waals surface area contributed by atoms with Crippen LogP contribution in [0.1, 0.15) is 19.4 Å². The maximum atomic E-state index is 8.90. The highest BCUT2D eigenvalue weighted by atomic mass is 32.2. The number of hydrogen-bond acceptors (Lipinski definition) is 3. The van der Waals surface area contributed by atoms with Crippen LogP contribution in [-0.2, 0) is 0 Å². The van der Waals surface area contributed by atoms with E-state index in [1.54, 1.807) is 12.1 Å². The minimum Gasteiger partial charge on any atom is -0.238 e. The Labute approximate surface area is 105 Å². The van der Waals surface area contributed by atoms with Gasteiger partial charge in [-0.3, -0.25) is 0 Å². The molecule has 0 aliphatic heterocycles. The maximum absolute atomic E-state index is 8.90.